The average molecular weight is 428 g/mol. The van der Waals surface area contributed by atoms with Crippen LogP contribution in [0, 0.1) is 0 Å². The van der Waals surface area contributed by atoms with E-state index in [2.05, 4.69) is 37.6 Å². The van der Waals surface area contributed by atoms with Gasteiger partial charge in [0.2, 0.25) is 5.95 Å². The van der Waals surface area contributed by atoms with Crippen LogP contribution in [-0.4, -0.2) is 47.3 Å². The fourth-order valence-corrected chi connectivity index (χ4v) is 3.11. The van der Waals surface area contributed by atoms with E-state index < -0.39 is 5.97 Å². The molecular weight excluding hydrogens is 406 g/mol. The summed E-state index contributed by atoms with van der Waals surface area (Å²) in [6, 6.07) is 16.4. The first-order valence-corrected chi connectivity index (χ1v) is 9.31. The van der Waals surface area contributed by atoms with Gasteiger partial charge >= 0.3 is 5.97 Å². The molecule has 0 spiro atoms. The van der Waals surface area contributed by atoms with Gasteiger partial charge in [0.25, 0.3) is 0 Å². The molecule has 0 bridgehead atoms. The summed E-state index contributed by atoms with van der Waals surface area (Å²) in [5.41, 5.74) is 2.67. The zero-order valence-corrected chi connectivity index (χ0v) is 16.9. The van der Waals surface area contributed by atoms with Gasteiger partial charge in [0.05, 0.1) is 24.5 Å². The molecule has 0 unspecified atom stereocenters. The molecule has 3 aromatic rings. The zero-order chi connectivity index (χ0) is 20.1. The molecule has 0 saturated carbocycles. The van der Waals surface area contributed by atoms with Crippen molar-refractivity contribution in [1.29, 1.82) is 0 Å². The molecule has 9 heteroatoms. The topological polar surface area (TPSA) is 99.6 Å². The lowest BCUT2D eigenvalue weighted by Gasteiger charge is -2.28. The van der Waals surface area contributed by atoms with Crippen LogP contribution in [0.15, 0.2) is 60.8 Å². The molecule has 1 fully saturated rings. The minimum atomic E-state index is -0.999. The lowest BCUT2D eigenvalue weighted by molar-refractivity contribution is 0.0698. The van der Waals surface area contributed by atoms with Crippen molar-refractivity contribution in [3.05, 3.63) is 66.4 Å². The van der Waals surface area contributed by atoms with Gasteiger partial charge in [0.1, 0.15) is 5.82 Å². The Morgan fingerprint density at radius 2 is 1.73 bits per heavy atom. The number of aromatic nitrogens is 2. The molecule has 30 heavy (non-hydrogen) atoms. The van der Waals surface area contributed by atoms with Gasteiger partial charge in [-0.1, -0.05) is 12.1 Å². The van der Waals surface area contributed by atoms with Crippen LogP contribution >= 0.6 is 12.4 Å². The molecule has 1 aliphatic heterocycles. The summed E-state index contributed by atoms with van der Waals surface area (Å²) in [5.74, 6) is -0.0797. The Balaban J connectivity index is 0.00000256. The van der Waals surface area contributed by atoms with Gasteiger partial charge in [-0.05, 0) is 42.5 Å². The van der Waals surface area contributed by atoms with E-state index in [0.29, 0.717) is 17.5 Å². The van der Waals surface area contributed by atoms with E-state index in [1.165, 1.54) is 0 Å². The third kappa shape index (κ3) is 5.16. The lowest BCUT2D eigenvalue weighted by atomic mass is 10.2. The number of carboxylic acid groups (broad SMARTS) is 1. The Hall–Kier alpha value is -3.36. The Kier molecular flexibility index (Phi) is 7.05. The first-order chi connectivity index (χ1) is 14.2. The van der Waals surface area contributed by atoms with Gasteiger partial charge in [-0.25, -0.2) is 9.78 Å². The minimum Gasteiger partial charge on any atom is -0.478 e. The molecule has 2 aromatic carbocycles. The number of nitrogens with one attached hydrogen (secondary N) is 2. The van der Waals surface area contributed by atoms with Gasteiger partial charge in [-0.3, -0.25) is 0 Å². The maximum atomic E-state index is 11.4. The number of ether oxygens (including phenoxy) is 1. The molecule has 4 rings (SSSR count). The van der Waals surface area contributed by atoms with Crippen LogP contribution < -0.4 is 15.5 Å². The van der Waals surface area contributed by atoms with Crippen molar-refractivity contribution >= 4 is 47.2 Å². The fraction of sp³-hybridized carbons (Fsp3) is 0.190. The van der Waals surface area contributed by atoms with E-state index >= 15 is 0 Å². The summed E-state index contributed by atoms with van der Waals surface area (Å²) in [7, 11) is 0. The first kappa shape index (κ1) is 21.4. The lowest BCUT2D eigenvalue weighted by Crippen LogP contribution is -2.36. The number of hydrogen-bond donors (Lipinski definition) is 3. The number of benzene rings is 2. The number of anilines is 5. The number of carboxylic acids is 1. The molecule has 156 valence electrons. The number of para-hydroxylation sites is 1. The molecule has 1 aliphatic rings. The summed E-state index contributed by atoms with van der Waals surface area (Å²) < 4.78 is 5.39. The highest BCUT2D eigenvalue weighted by Gasteiger charge is 2.12. The molecular formula is C21H22ClN5O3. The number of aromatic carboxylic acids is 1. The molecule has 8 nitrogen and oxygen atoms in total. The molecule has 1 saturated heterocycles. The minimum absolute atomic E-state index is 0. The molecule has 2 heterocycles. The van der Waals surface area contributed by atoms with Crippen LogP contribution in [0.1, 0.15) is 10.4 Å². The first-order valence-electron chi connectivity index (χ1n) is 9.31. The predicted octanol–water partition coefficient (Wildman–Crippen LogP) is 3.92. The van der Waals surface area contributed by atoms with E-state index in [1.54, 1.807) is 36.5 Å². The van der Waals surface area contributed by atoms with Crippen molar-refractivity contribution in [2.75, 3.05) is 41.8 Å². The second-order valence-electron chi connectivity index (χ2n) is 6.51. The number of carbonyl (C=O) groups is 1. The highest BCUT2D eigenvalue weighted by molar-refractivity contribution is 5.95. The van der Waals surface area contributed by atoms with Crippen LogP contribution in [0.2, 0.25) is 0 Å². The van der Waals surface area contributed by atoms with Gasteiger partial charge in [0, 0.05) is 30.7 Å². The van der Waals surface area contributed by atoms with Crippen LogP contribution in [0.25, 0.3) is 0 Å². The smallest absolute Gasteiger partial charge is 0.337 e. The molecule has 0 aliphatic carbocycles. The van der Waals surface area contributed by atoms with Crippen molar-refractivity contribution < 1.29 is 14.6 Å². The van der Waals surface area contributed by atoms with E-state index in [1.807, 2.05) is 12.1 Å². The predicted molar refractivity (Wildman–Crippen MR) is 119 cm³/mol. The second kappa shape index (κ2) is 9.91. The monoisotopic (exact) mass is 427 g/mol. The number of hydrogen-bond acceptors (Lipinski definition) is 7. The van der Waals surface area contributed by atoms with E-state index in [9.17, 15) is 9.90 Å². The molecule has 3 N–H and O–H groups in total. The second-order valence-corrected chi connectivity index (χ2v) is 6.51. The van der Waals surface area contributed by atoms with Crippen molar-refractivity contribution in [2.45, 2.75) is 0 Å². The van der Waals surface area contributed by atoms with Gasteiger partial charge in [0.15, 0.2) is 0 Å². The number of nitrogens with zero attached hydrogens (tertiary/aromatic N) is 3. The van der Waals surface area contributed by atoms with Gasteiger partial charge in [-0.2, -0.15) is 4.98 Å². The Bertz CT molecular complexity index is 994. The third-order valence-electron chi connectivity index (χ3n) is 4.58. The SMILES string of the molecule is Cl.O=C(O)c1ccccc1Nc1ccnc(Nc2ccc(N3CCOCC3)cc2)n1. The largest absolute Gasteiger partial charge is 0.478 e. The summed E-state index contributed by atoms with van der Waals surface area (Å²) >= 11 is 0. The van der Waals surface area contributed by atoms with E-state index in [0.717, 1.165) is 37.7 Å². The summed E-state index contributed by atoms with van der Waals surface area (Å²) in [5, 5.41) is 15.5. The van der Waals surface area contributed by atoms with Crippen LogP contribution in [0.3, 0.4) is 0 Å². The normalized spacial score (nSPS) is 13.3. The molecule has 0 atom stereocenters. The average Bonchev–Trinajstić information content (AvgIpc) is 2.75. The highest BCUT2D eigenvalue weighted by Crippen LogP contribution is 2.23. The fourth-order valence-electron chi connectivity index (χ4n) is 3.11. The van der Waals surface area contributed by atoms with Crippen molar-refractivity contribution in [3.63, 3.8) is 0 Å². The number of halogens is 1. The van der Waals surface area contributed by atoms with Crippen molar-refractivity contribution in [3.8, 4) is 0 Å². The zero-order valence-electron chi connectivity index (χ0n) is 16.1. The molecule has 0 radical (unpaired) electrons. The van der Waals surface area contributed by atoms with Crippen molar-refractivity contribution in [1.82, 2.24) is 9.97 Å². The molecule has 0 amide bonds. The van der Waals surface area contributed by atoms with Gasteiger partial charge < -0.3 is 25.4 Å². The maximum absolute atomic E-state index is 11.4. The maximum Gasteiger partial charge on any atom is 0.337 e. The van der Waals surface area contributed by atoms with Gasteiger partial charge in [-0.15, -0.1) is 12.4 Å². The third-order valence-corrected chi connectivity index (χ3v) is 4.58. The van der Waals surface area contributed by atoms with E-state index in [4.69, 9.17) is 4.74 Å². The van der Waals surface area contributed by atoms with Crippen molar-refractivity contribution in [2.24, 2.45) is 0 Å². The Labute approximate surface area is 180 Å². The number of morpholine rings is 1. The summed E-state index contributed by atoms with van der Waals surface area (Å²) in [6.07, 6.45) is 1.61. The van der Waals surface area contributed by atoms with Crippen LogP contribution in [0.5, 0.6) is 0 Å². The molecule has 1 aromatic heterocycles. The Morgan fingerprint density at radius 3 is 2.47 bits per heavy atom. The van der Waals surface area contributed by atoms with E-state index in [-0.39, 0.29) is 18.0 Å². The summed E-state index contributed by atoms with van der Waals surface area (Å²) in [6.45, 7) is 3.28. The number of rotatable bonds is 6. The van der Waals surface area contributed by atoms with Crippen LogP contribution in [0.4, 0.5) is 28.8 Å². The quantitative estimate of drug-likeness (QED) is 0.544. The summed E-state index contributed by atoms with van der Waals surface area (Å²) in [4.78, 5) is 22.3. The van der Waals surface area contributed by atoms with Crippen LogP contribution in [-0.2, 0) is 4.74 Å². The standard InChI is InChI=1S/C21H21N5O3.ClH/c27-20(28)17-3-1-2-4-18(17)24-19-9-10-22-21(25-19)23-15-5-7-16(8-6-15)26-11-13-29-14-12-26;/h1-10H,11-14H2,(H,27,28)(H2,22,23,24,25);1H. The highest BCUT2D eigenvalue weighted by atomic mass is 35.5. The Morgan fingerprint density at radius 1 is 1.00 bits per heavy atom.